The molecule has 102 valence electrons. The van der Waals surface area contributed by atoms with Crippen LogP contribution in [-0.4, -0.2) is 28.0 Å². The second kappa shape index (κ2) is 5.74. The lowest BCUT2D eigenvalue weighted by atomic mass is 9.74. The van der Waals surface area contributed by atoms with Gasteiger partial charge in [0.1, 0.15) is 0 Å². The lowest BCUT2D eigenvalue weighted by Gasteiger charge is -2.35. The molecule has 0 unspecified atom stereocenters. The van der Waals surface area contributed by atoms with E-state index in [-0.39, 0.29) is 12.0 Å². The van der Waals surface area contributed by atoms with Gasteiger partial charge in [0.05, 0.1) is 18.5 Å². The van der Waals surface area contributed by atoms with Gasteiger partial charge in [-0.2, -0.15) is 5.10 Å². The first-order valence-electron chi connectivity index (χ1n) is 7.04. The predicted octanol–water partition coefficient (Wildman–Crippen LogP) is 2.82. The maximum atomic E-state index is 9.65. The molecule has 1 saturated carbocycles. The van der Waals surface area contributed by atoms with Gasteiger partial charge in [0.2, 0.25) is 0 Å². The van der Waals surface area contributed by atoms with Crippen molar-refractivity contribution in [1.29, 1.82) is 0 Å². The van der Waals surface area contributed by atoms with Gasteiger partial charge >= 0.3 is 0 Å². The zero-order valence-corrected chi connectivity index (χ0v) is 11.5. The molecule has 1 aromatic rings. The average molecular weight is 251 g/mol. The number of hydrogen-bond donors (Lipinski definition) is 2. The second-order valence-corrected chi connectivity index (χ2v) is 5.88. The van der Waals surface area contributed by atoms with Crippen LogP contribution in [-0.2, 0) is 0 Å². The second-order valence-electron chi connectivity index (χ2n) is 5.88. The fourth-order valence-electron chi connectivity index (χ4n) is 2.69. The van der Waals surface area contributed by atoms with Crippen molar-refractivity contribution >= 4 is 5.69 Å². The van der Waals surface area contributed by atoms with E-state index in [2.05, 4.69) is 24.3 Å². The summed E-state index contributed by atoms with van der Waals surface area (Å²) < 4.78 is 1.95. The molecule has 1 aliphatic rings. The van der Waals surface area contributed by atoms with Gasteiger partial charge in [-0.1, -0.05) is 19.3 Å². The largest absolute Gasteiger partial charge is 0.396 e. The van der Waals surface area contributed by atoms with Crippen LogP contribution < -0.4 is 5.32 Å². The maximum absolute atomic E-state index is 9.65. The number of aliphatic hydroxyl groups excluding tert-OH is 1. The third kappa shape index (κ3) is 3.05. The number of nitrogens with zero attached hydrogens (tertiary/aromatic N) is 2. The van der Waals surface area contributed by atoms with Crippen molar-refractivity contribution in [1.82, 2.24) is 9.78 Å². The van der Waals surface area contributed by atoms with Crippen molar-refractivity contribution in [2.24, 2.45) is 5.41 Å². The maximum Gasteiger partial charge on any atom is 0.0726 e. The molecule has 0 bridgehead atoms. The highest BCUT2D eigenvalue weighted by molar-refractivity contribution is 5.38. The minimum atomic E-state index is 0.0815. The highest BCUT2D eigenvalue weighted by Crippen LogP contribution is 2.35. The third-order valence-electron chi connectivity index (χ3n) is 4.05. The molecule has 0 spiro atoms. The molecular formula is C14H25N3O. The molecule has 1 aliphatic carbocycles. The Morgan fingerprint density at radius 1 is 1.39 bits per heavy atom. The quantitative estimate of drug-likeness (QED) is 0.846. The molecule has 2 N–H and O–H groups in total. The Morgan fingerprint density at radius 3 is 2.67 bits per heavy atom. The number of nitrogens with one attached hydrogen (secondary N) is 1. The van der Waals surface area contributed by atoms with Crippen LogP contribution in [0.5, 0.6) is 0 Å². The number of anilines is 1. The van der Waals surface area contributed by atoms with Crippen LogP contribution in [0.15, 0.2) is 12.4 Å². The first kappa shape index (κ1) is 13.4. The molecule has 0 aliphatic heterocycles. The Bertz CT molecular complexity index is 367. The van der Waals surface area contributed by atoms with E-state index in [1.54, 1.807) is 0 Å². The van der Waals surface area contributed by atoms with E-state index < -0.39 is 0 Å². The molecule has 0 amide bonds. The normalized spacial score (nSPS) is 19.1. The van der Waals surface area contributed by atoms with Crippen LogP contribution in [0.2, 0.25) is 0 Å². The molecule has 0 radical (unpaired) electrons. The molecular weight excluding hydrogens is 226 g/mol. The first-order chi connectivity index (χ1) is 8.65. The van der Waals surface area contributed by atoms with Crippen LogP contribution in [0.3, 0.4) is 0 Å². The summed E-state index contributed by atoms with van der Waals surface area (Å²) in [4.78, 5) is 0. The number of rotatable bonds is 5. The van der Waals surface area contributed by atoms with E-state index in [1.807, 2.05) is 17.1 Å². The Morgan fingerprint density at radius 2 is 2.11 bits per heavy atom. The lowest BCUT2D eigenvalue weighted by molar-refractivity contribution is 0.0944. The van der Waals surface area contributed by atoms with Gasteiger partial charge in [-0.25, -0.2) is 0 Å². The van der Waals surface area contributed by atoms with Crippen molar-refractivity contribution in [3.05, 3.63) is 12.4 Å². The molecule has 0 aromatic carbocycles. The zero-order valence-electron chi connectivity index (χ0n) is 11.5. The Labute approximate surface area is 109 Å². The molecule has 1 fully saturated rings. The van der Waals surface area contributed by atoms with Crippen molar-refractivity contribution in [3.8, 4) is 0 Å². The monoisotopic (exact) mass is 251 g/mol. The highest BCUT2D eigenvalue weighted by atomic mass is 16.3. The summed E-state index contributed by atoms with van der Waals surface area (Å²) in [6, 6.07) is 0.391. The summed E-state index contributed by atoms with van der Waals surface area (Å²) in [5.74, 6) is 0. The van der Waals surface area contributed by atoms with Gasteiger partial charge in [0, 0.05) is 24.2 Å². The smallest absolute Gasteiger partial charge is 0.0726 e. The minimum absolute atomic E-state index is 0.0815. The summed E-state index contributed by atoms with van der Waals surface area (Å²) in [5.41, 5.74) is 1.14. The van der Waals surface area contributed by atoms with Gasteiger partial charge in [0.25, 0.3) is 0 Å². The van der Waals surface area contributed by atoms with E-state index >= 15 is 0 Å². The van der Waals surface area contributed by atoms with Crippen LogP contribution in [0.4, 0.5) is 5.69 Å². The standard InChI is InChI=1S/C14H25N3O/c1-12(2)17-9-13(8-16-17)15-10-14(11-18)6-4-3-5-7-14/h8-9,12,15,18H,3-7,10-11H2,1-2H3. The van der Waals surface area contributed by atoms with Crippen LogP contribution in [0.25, 0.3) is 0 Å². The van der Waals surface area contributed by atoms with Crippen molar-refractivity contribution in [2.75, 3.05) is 18.5 Å². The highest BCUT2D eigenvalue weighted by Gasteiger charge is 2.31. The van der Waals surface area contributed by atoms with E-state index in [0.29, 0.717) is 6.04 Å². The molecule has 4 nitrogen and oxygen atoms in total. The third-order valence-corrected chi connectivity index (χ3v) is 4.05. The SMILES string of the molecule is CC(C)n1cc(NCC2(CO)CCCCC2)cn1. The topological polar surface area (TPSA) is 50.1 Å². The minimum Gasteiger partial charge on any atom is -0.396 e. The molecule has 4 heteroatoms. The summed E-state index contributed by atoms with van der Waals surface area (Å²) in [6.07, 6.45) is 9.98. The first-order valence-corrected chi connectivity index (χ1v) is 7.04. The van der Waals surface area contributed by atoms with Crippen molar-refractivity contribution in [2.45, 2.75) is 52.0 Å². The van der Waals surface area contributed by atoms with Gasteiger partial charge < -0.3 is 10.4 Å². The summed E-state index contributed by atoms with van der Waals surface area (Å²) in [7, 11) is 0. The summed E-state index contributed by atoms with van der Waals surface area (Å²) in [6.45, 7) is 5.38. The predicted molar refractivity (Wildman–Crippen MR) is 73.7 cm³/mol. The summed E-state index contributed by atoms with van der Waals surface area (Å²) >= 11 is 0. The number of aliphatic hydroxyl groups is 1. The Hall–Kier alpha value is -1.03. The summed E-state index contributed by atoms with van der Waals surface area (Å²) in [5, 5.41) is 17.4. The lowest BCUT2D eigenvalue weighted by Crippen LogP contribution is -2.35. The molecule has 2 rings (SSSR count). The zero-order chi connectivity index (χ0) is 13.0. The van der Waals surface area contributed by atoms with Crippen molar-refractivity contribution < 1.29 is 5.11 Å². The Kier molecular flexibility index (Phi) is 4.27. The van der Waals surface area contributed by atoms with Crippen LogP contribution in [0, 0.1) is 5.41 Å². The number of aromatic nitrogens is 2. The van der Waals surface area contributed by atoms with E-state index in [4.69, 9.17) is 0 Å². The van der Waals surface area contributed by atoms with Gasteiger partial charge in [-0.15, -0.1) is 0 Å². The fourth-order valence-corrected chi connectivity index (χ4v) is 2.69. The fraction of sp³-hybridized carbons (Fsp3) is 0.786. The van der Waals surface area contributed by atoms with E-state index in [9.17, 15) is 5.11 Å². The molecule has 1 aromatic heterocycles. The number of hydrogen-bond acceptors (Lipinski definition) is 3. The van der Waals surface area contributed by atoms with Gasteiger partial charge in [-0.05, 0) is 26.7 Å². The molecule has 0 atom stereocenters. The molecule has 1 heterocycles. The Balaban J connectivity index is 1.92. The molecule has 0 saturated heterocycles. The van der Waals surface area contributed by atoms with Gasteiger partial charge in [-0.3, -0.25) is 4.68 Å². The van der Waals surface area contributed by atoms with Gasteiger partial charge in [0.15, 0.2) is 0 Å². The van der Waals surface area contributed by atoms with Crippen molar-refractivity contribution in [3.63, 3.8) is 0 Å². The van der Waals surface area contributed by atoms with E-state index in [1.165, 1.54) is 19.3 Å². The van der Waals surface area contributed by atoms with Crippen LogP contribution >= 0.6 is 0 Å². The van der Waals surface area contributed by atoms with E-state index in [0.717, 1.165) is 25.1 Å². The average Bonchev–Trinajstić information content (AvgIpc) is 2.87. The van der Waals surface area contributed by atoms with Crippen LogP contribution in [0.1, 0.15) is 52.0 Å². The molecule has 18 heavy (non-hydrogen) atoms.